The Balaban J connectivity index is 2.40. The summed E-state index contributed by atoms with van der Waals surface area (Å²) in [5.74, 6) is 0.218. The van der Waals surface area contributed by atoms with Crippen molar-refractivity contribution in [2.75, 3.05) is 27.2 Å². The van der Waals surface area contributed by atoms with Gasteiger partial charge in [0.05, 0.1) is 0 Å². The molecule has 1 amide bonds. The predicted octanol–water partition coefficient (Wildman–Crippen LogP) is 1.06. The smallest absolute Gasteiger partial charge is 0.223 e. The molecule has 0 aromatic rings. The van der Waals surface area contributed by atoms with Gasteiger partial charge in [-0.1, -0.05) is 6.42 Å². The van der Waals surface area contributed by atoms with Crippen LogP contribution in [0.3, 0.4) is 0 Å². The van der Waals surface area contributed by atoms with Gasteiger partial charge in [0.15, 0.2) is 0 Å². The van der Waals surface area contributed by atoms with Crippen LogP contribution in [0.1, 0.15) is 39.0 Å². The zero-order valence-electron chi connectivity index (χ0n) is 11.5. The summed E-state index contributed by atoms with van der Waals surface area (Å²) >= 11 is 0. The lowest BCUT2D eigenvalue weighted by Gasteiger charge is -2.36. The van der Waals surface area contributed by atoms with Crippen molar-refractivity contribution in [2.24, 2.45) is 5.73 Å². The number of amides is 1. The number of piperidine rings is 1. The predicted molar refractivity (Wildman–Crippen MR) is 70.8 cm³/mol. The molecule has 0 aromatic heterocycles. The van der Waals surface area contributed by atoms with Crippen LogP contribution in [0.2, 0.25) is 0 Å². The lowest BCUT2D eigenvalue weighted by Crippen LogP contribution is -2.43. The average molecular weight is 241 g/mol. The van der Waals surface area contributed by atoms with E-state index in [1.54, 1.807) is 4.90 Å². The summed E-state index contributed by atoms with van der Waals surface area (Å²) in [6, 6.07) is 0.837. The minimum atomic E-state index is 0.218. The Bertz CT molecular complexity index is 241. The molecule has 0 bridgehead atoms. The number of carbonyl (C=O) groups excluding carboxylic acids is 1. The first-order valence-corrected chi connectivity index (χ1v) is 6.70. The maximum atomic E-state index is 11.6. The number of likely N-dealkylation sites (tertiary alicyclic amines) is 1. The molecule has 4 nitrogen and oxygen atoms in total. The number of nitrogens with zero attached hydrogens (tertiary/aromatic N) is 2. The quantitative estimate of drug-likeness (QED) is 0.783. The van der Waals surface area contributed by atoms with Crippen LogP contribution in [0.5, 0.6) is 0 Å². The second-order valence-corrected chi connectivity index (χ2v) is 5.44. The summed E-state index contributed by atoms with van der Waals surface area (Å²) < 4.78 is 0. The Morgan fingerprint density at radius 1 is 1.47 bits per heavy atom. The fourth-order valence-corrected chi connectivity index (χ4v) is 2.51. The van der Waals surface area contributed by atoms with E-state index in [9.17, 15) is 4.79 Å². The van der Waals surface area contributed by atoms with Gasteiger partial charge >= 0.3 is 0 Å². The molecule has 1 rings (SSSR count). The molecular weight excluding hydrogens is 214 g/mol. The van der Waals surface area contributed by atoms with Gasteiger partial charge in [-0.3, -0.25) is 9.69 Å². The summed E-state index contributed by atoms with van der Waals surface area (Å²) in [5, 5.41) is 0. The molecule has 17 heavy (non-hydrogen) atoms. The minimum absolute atomic E-state index is 0.218. The van der Waals surface area contributed by atoms with Crippen molar-refractivity contribution in [1.82, 2.24) is 9.80 Å². The van der Waals surface area contributed by atoms with Crippen LogP contribution in [0.15, 0.2) is 0 Å². The molecule has 0 radical (unpaired) electrons. The first-order chi connectivity index (χ1) is 8.00. The highest BCUT2D eigenvalue weighted by Crippen LogP contribution is 2.20. The Kier molecular flexibility index (Phi) is 5.92. The molecule has 2 unspecified atom stereocenters. The van der Waals surface area contributed by atoms with Crippen molar-refractivity contribution >= 4 is 5.91 Å². The summed E-state index contributed by atoms with van der Waals surface area (Å²) in [6.07, 6.45) is 5.47. The topological polar surface area (TPSA) is 49.6 Å². The highest BCUT2D eigenvalue weighted by molar-refractivity contribution is 5.75. The van der Waals surface area contributed by atoms with Crippen LogP contribution in [0, 0.1) is 0 Å². The molecule has 1 aliphatic rings. The zero-order chi connectivity index (χ0) is 12.8. The van der Waals surface area contributed by atoms with E-state index in [0.717, 1.165) is 19.5 Å². The molecule has 100 valence electrons. The summed E-state index contributed by atoms with van der Waals surface area (Å²) in [5.41, 5.74) is 5.89. The van der Waals surface area contributed by atoms with Gasteiger partial charge in [0, 0.05) is 39.1 Å². The van der Waals surface area contributed by atoms with E-state index in [-0.39, 0.29) is 11.9 Å². The second-order valence-electron chi connectivity index (χ2n) is 5.44. The van der Waals surface area contributed by atoms with Crippen molar-refractivity contribution in [1.29, 1.82) is 0 Å². The van der Waals surface area contributed by atoms with Gasteiger partial charge in [-0.2, -0.15) is 0 Å². The Labute approximate surface area is 105 Å². The molecular formula is C13H27N3O. The lowest BCUT2D eigenvalue weighted by atomic mass is 9.96. The highest BCUT2D eigenvalue weighted by Gasteiger charge is 2.23. The molecule has 0 aliphatic carbocycles. The summed E-state index contributed by atoms with van der Waals surface area (Å²) in [7, 11) is 3.63. The van der Waals surface area contributed by atoms with Gasteiger partial charge in [-0.15, -0.1) is 0 Å². The van der Waals surface area contributed by atoms with Crippen LogP contribution in [0.4, 0.5) is 0 Å². The molecule has 2 N–H and O–H groups in total. The van der Waals surface area contributed by atoms with Crippen molar-refractivity contribution in [2.45, 2.75) is 51.1 Å². The SMILES string of the molecule is CC(N)CC1CCCCN1CCC(=O)N(C)C. The van der Waals surface area contributed by atoms with E-state index in [1.807, 2.05) is 14.1 Å². The third kappa shape index (κ3) is 5.04. The van der Waals surface area contributed by atoms with E-state index in [2.05, 4.69) is 11.8 Å². The fourth-order valence-electron chi connectivity index (χ4n) is 2.51. The van der Waals surface area contributed by atoms with Gasteiger partial charge in [0.2, 0.25) is 5.91 Å². The van der Waals surface area contributed by atoms with Crippen molar-refractivity contribution in [3.05, 3.63) is 0 Å². The van der Waals surface area contributed by atoms with Crippen LogP contribution < -0.4 is 5.73 Å². The first kappa shape index (κ1) is 14.5. The Morgan fingerprint density at radius 3 is 2.76 bits per heavy atom. The molecule has 1 saturated heterocycles. The van der Waals surface area contributed by atoms with E-state index >= 15 is 0 Å². The maximum Gasteiger partial charge on any atom is 0.223 e. The molecule has 1 aliphatic heterocycles. The van der Waals surface area contributed by atoms with Gasteiger partial charge in [0.25, 0.3) is 0 Å². The van der Waals surface area contributed by atoms with Crippen molar-refractivity contribution in [3.8, 4) is 0 Å². The Hall–Kier alpha value is -0.610. The molecule has 0 saturated carbocycles. The van der Waals surface area contributed by atoms with E-state index in [4.69, 9.17) is 5.73 Å². The van der Waals surface area contributed by atoms with E-state index in [0.29, 0.717) is 12.5 Å². The number of hydrogen-bond acceptors (Lipinski definition) is 3. The standard InChI is InChI=1S/C13H27N3O/c1-11(14)10-12-6-4-5-8-16(12)9-7-13(17)15(2)3/h11-12H,4-10,14H2,1-3H3. The monoisotopic (exact) mass is 241 g/mol. The van der Waals surface area contributed by atoms with Crippen LogP contribution in [-0.2, 0) is 4.79 Å². The minimum Gasteiger partial charge on any atom is -0.349 e. The van der Waals surface area contributed by atoms with Crippen molar-refractivity contribution < 1.29 is 4.79 Å². The number of hydrogen-bond donors (Lipinski definition) is 1. The van der Waals surface area contributed by atoms with E-state index < -0.39 is 0 Å². The van der Waals surface area contributed by atoms with Crippen molar-refractivity contribution in [3.63, 3.8) is 0 Å². The molecule has 0 aromatic carbocycles. The highest BCUT2D eigenvalue weighted by atomic mass is 16.2. The maximum absolute atomic E-state index is 11.6. The summed E-state index contributed by atoms with van der Waals surface area (Å²) in [6.45, 7) is 4.07. The van der Waals surface area contributed by atoms with Gasteiger partial charge in [0.1, 0.15) is 0 Å². The summed E-state index contributed by atoms with van der Waals surface area (Å²) in [4.78, 5) is 15.7. The second kappa shape index (κ2) is 6.97. The fraction of sp³-hybridized carbons (Fsp3) is 0.923. The third-order valence-corrected chi connectivity index (χ3v) is 3.50. The molecule has 4 heteroatoms. The third-order valence-electron chi connectivity index (χ3n) is 3.50. The van der Waals surface area contributed by atoms with Crippen LogP contribution in [0.25, 0.3) is 0 Å². The van der Waals surface area contributed by atoms with Crippen LogP contribution in [-0.4, -0.2) is 55.0 Å². The molecule has 0 spiro atoms. The number of rotatable bonds is 5. The molecule has 1 heterocycles. The Morgan fingerprint density at radius 2 is 2.18 bits per heavy atom. The first-order valence-electron chi connectivity index (χ1n) is 6.70. The van der Waals surface area contributed by atoms with Crippen LogP contribution >= 0.6 is 0 Å². The van der Waals surface area contributed by atoms with Gasteiger partial charge < -0.3 is 10.6 Å². The zero-order valence-corrected chi connectivity index (χ0v) is 11.5. The largest absolute Gasteiger partial charge is 0.349 e. The molecule has 2 atom stereocenters. The average Bonchev–Trinajstić information content (AvgIpc) is 2.26. The van der Waals surface area contributed by atoms with E-state index in [1.165, 1.54) is 19.3 Å². The van der Waals surface area contributed by atoms with Gasteiger partial charge in [-0.05, 0) is 32.7 Å². The normalized spacial score (nSPS) is 23.4. The number of carbonyl (C=O) groups is 1. The number of nitrogens with two attached hydrogens (primary N) is 1. The molecule has 1 fully saturated rings. The lowest BCUT2D eigenvalue weighted by molar-refractivity contribution is -0.129. The van der Waals surface area contributed by atoms with Gasteiger partial charge in [-0.25, -0.2) is 0 Å².